The van der Waals surface area contributed by atoms with E-state index in [4.69, 9.17) is 4.74 Å². The van der Waals surface area contributed by atoms with Crippen molar-refractivity contribution in [3.8, 4) is 5.75 Å². The van der Waals surface area contributed by atoms with Gasteiger partial charge in [-0.3, -0.25) is 4.79 Å². The number of ether oxygens (including phenoxy) is 1. The van der Waals surface area contributed by atoms with Crippen molar-refractivity contribution in [3.05, 3.63) is 65.2 Å². The van der Waals surface area contributed by atoms with Gasteiger partial charge in [-0.05, 0) is 36.6 Å². The van der Waals surface area contributed by atoms with E-state index < -0.39 is 6.10 Å². The smallest absolute Gasteiger partial charge is 0.222 e. The Labute approximate surface area is 143 Å². The van der Waals surface area contributed by atoms with Crippen LogP contribution in [0.2, 0.25) is 0 Å². The molecule has 24 heavy (non-hydrogen) atoms. The number of carbonyl (C=O) groups excluding carboxylic acids is 1. The zero-order valence-electron chi connectivity index (χ0n) is 14.5. The lowest BCUT2D eigenvalue weighted by molar-refractivity contribution is -0.131. The van der Waals surface area contributed by atoms with E-state index in [-0.39, 0.29) is 12.5 Å². The molecule has 0 saturated heterocycles. The van der Waals surface area contributed by atoms with Crippen molar-refractivity contribution in [2.45, 2.75) is 25.9 Å². The first-order chi connectivity index (χ1) is 11.5. The normalized spacial score (nSPS) is 11.8. The minimum atomic E-state index is -0.704. The first-order valence-corrected chi connectivity index (χ1v) is 8.11. The molecule has 0 aromatic heterocycles. The fourth-order valence-electron chi connectivity index (χ4n) is 2.49. The maximum atomic E-state index is 12.2. The second-order valence-corrected chi connectivity index (χ2v) is 6.05. The highest BCUT2D eigenvalue weighted by Gasteiger charge is 2.15. The standard InChI is InChI=1S/C20H25NO3/c1-15-4-6-16(7-5-15)8-13-20(23)21(2)14-19(22)17-9-11-18(24-3)12-10-17/h4-7,9-12,19,22H,8,13-14H2,1-3H3. The number of hydrogen-bond acceptors (Lipinski definition) is 3. The molecule has 0 bridgehead atoms. The number of likely N-dealkylation sites (N-methyl/N-ethyl adjacent to an activating group) is 1. The molecule has 0 aliphatic heterocycles. The lowest BCUT2D eigenvalue weighted by Crippen LogP contribution is -2.31. The van der Waals surface area contributed by atoms with E-state index in [1.807, 2.05) is 19.1 Å². The summed E-state index contributed by atoms with van der Waals surface area (Å²) in [4.78, 5) is 13.8. The third-order valence-electron chi connectivity index (χ3n) is 4.12. The van der Waals surface area contributed by atoms with Crippen LogP contribution in [-0.2, 0) is 11.2 Å². The van der Waals surface area contributed by atoms with Crippen molar-refractivity contribution in [3.63, 3.8) is 0 Å². The molecule has 4 heteroatoms. The van der Waals surface area contributed by atoms with Gasteiger partial charge in [-0.25, -0.2) is 0 Å². The van der Waals surface area contributed by atoms with Gasteiger partial charge in [0, 0.05) is 13.5 Å². The molecule has 1 atom stereocenters. The van der Waals surface area contributed by atoms with Gasteiger partial charge in [-0.15, -0.1) is 0 Å². The summed E-state index contributed by atoms with van der Waals surface area (Å²) in [6.07, 6.45) is 0.445. The van der Waals surface area contributed by atoms with Gasteiger partial charge in [0.15, 0.2) is 0 Å². The number of benzene rings is 2. The van der Waals surface area contributed by atoms with Crippen LogP contribution >= 0.6 is 0 Å². The van der Waals surface area contributed by atoms with Crippen LogP contribution in [-0.4, -0.2) is 36.6 Å². The number of aliphatic hydroxyl groups excluding tert-OH is 1. The summed E-state index contributed by atoms with van der Waals surface area (Å²) in [5, 5.41) is 10.3. The van der Waals surface area contributed by atoms with E-state index in [9.17, 15) is 9.90 Å². The van der Waals surface area contributed by atoms with Gasteiger partial charge in [0.1, 0.15) is 5.75 Å². The van der Waals surface area contributed by atoms with Crippen LogP contribution in [0.3, 0.4) is 0 Å². The summed E-state index contributed by atoms with van der Waals surface area (Å²) in [7, 11) is 3.33. The summed E-state index contributed by atoms with van der Waals surface area (Å²) >= 11 is 0. The molecule has 2 aromatic rings. The van der Waals surface area contributed by atoms with Crippen molar-refractivity contribution >= 4 is 5.91 Å². The molecule has 1 amide bonds. The molecule has 0 fully saturated rings. The zero-order chi connectivity index (χ0) is 17.5. The highest BCUT2D eigenvalue weighted by Crippen LogP contribution is 2.18. The lowest BCUT2D eigenvalue weighted by Gasteiger charge is -2.21. The number of hydrogen-bond donors (Lipinski definition) is 1. The third-order valence-corrected chi connectivity index (χ3v) is 4.12. The maximum Gasteiger partial charge on any atom is 0.222 e. The number of rotatable bonds is 7. The molecular formula is C20H25NO3. The van der Waals surface area contributed by atoms with Crippen LogP contribution in [0.15, 0.2) is 48.5 Å². The van der Waals surface area contributed by atoms with E-state index >= 15 is 0 Å². The first kappa shape index (κ1) is 18.0. The van der Waals surface area contributed by atoms with Crippen LogP contribution in [0.5, 0.6) is 5.75 Å². The van der Waals surface area contributed by atoms with Crippen molar-refractivity contribution in [1.29, 1.82) is 0 Å². The number of aryl methyl sites for hydroxylation is 2. The molecule has 128 valence electrons. The van der Waals surface area contributed by atoms with E-state index in [0.717, 1.165) is 16.9 Å². The molecule has 0 saturated carbocycles. The van der Waals surface area contributed by atoms with Crippen molar-refractivity contribution < 1.29 is 14.6 Å². The van der Waals surface area contributed by atoms with Gasteiger partial charge in [-0.1, -0.05) is 42.0 Å². The Hall–Kier alpha value is -2.33. The molecule has 0 heterocycles. The third kappa shape index (κ3) is 5.10. The Morgan fingerprint density at radius 3 is 2.33 bits per heavy atom. The predicted octanol–water partition coefficient (Wildman–Crippen LogP) is 3.13. The van der Waals surface area contributed by atoms with E-state index in [1.54, 1.807) is 31.2 Å². The Morgan fingerprint density at radius 2 is 1.75 bits per heavy atom. The molecule has 0 radical (unpaired) electrons. The molecular weight excluding hydrogens is 302 g/mol. The van der Waals surface area contributed by atoms with Crippen molar-refractivity contribution in [2.75, 3.05) is 20.7 Å². The van der Waals surface area contributed by atoms with Crippen LogP contribution in [0.25, 0.3) is 0 Å². The number of aliphatic hydroxyl groups is 1. The van der Waals surface area contributed by atoms with E-state index in [0.29, 0.717) is 12.8 Å². The van der Waals surface area contributed by atoms with Crippen LogP contribution < -0.4 is 4.74 Å². The van der Waals surface area contributed by atoms with Crippen molar-refractivity contribution in [2.24, 2.45) is 0 Å². The predicted molar refractivity (Wildman–Crippen MR) is 95.1 cm³/mol. The summed E-state index contributed by atoms with van der Waals surface area (Å²) in [5.74, 6) is 0.775. The molecule has 2 aromatic carbocycles. The van der Waals surface area contributed by atoms with Crippen molar-refractivity contribution in [1.82, 2.24) is 4.90 Å². The summed E-state index contributed by atoms with van der Waals surface area (Å²) in [5.41, 5.74) is 3.14. The Morgan fingerprint density at radius 1 is 1.12 bits per heavy atom. The molecule has 0 aliphatic carbocycles. The van der Waals surface area contributed by atoms with Gasteiger partial charge < -0.3 is 14.7 Å². The molecule has 4 nitrogen and oxygen atoms in total. The Bertz CT molecular complexity index is 650. The van der Waals surface area contributed by atoms with E-state index in [1.165, 1.54) is 5.56 Å². The average Bonchev–Trinajstić information content (AvgIpc) is 2.60. The molecule has 0 aliphatic rings. The number of carbonyl (C=O) groups is 1. The molecule has 1 unspecified atom stereocenters. The largest absolute Gasteiger partial charge is 0.497 e. The van der Waals surface area contributed by atoms with Crippen LogP contribution in [0, 0.1) is 6.92 Å². The summed E-state index contributed by atoms with van der Waals surface area (Å²) in [6.45, 7) is 2.32. The summed E-state index contributed by atoms with van der Waals surface area (Å²) < 4.78 is 5.10. The fourth-order valence-corrected chi connectivity index (χ4v) is 2.49. The van der Waals surface area contributed by atoms with Gasteiger partial charge in [0.05, 0.1) is 19.8 Å². The second-order valence-electron chi connectivity index (χ2n) is 6.05. The minimum absolute atomic E-state index is 0.0307. The average molecular weight is 327 g/mol. The SMILES string of the molecule is COc1ccc(C(O)CN(C)C(=O)CCc2ccc(C)cc2)cc1. The Kier molecular flexibility index (Phi) is 6.38. The van der Waals surface area contributed by atoms with Gasteiger partial charge in [0.2, 0.25) is 5.91 Å². The highest BCUT2D eigenvalue weighted by atomic mass is 16.5. The van der Waals surface area contributed by atoms with Crippen LogP contribution in [0.1, 0.15) is 29.2 Å². The molecule has 1 N–H and O–H groups in total. The first-order valence-electron chi connectivity index (χ1n) is 8.11. The highest BCUT2D eigenvalue weighted by molar-refractivity contribution is 5.76. The minimum Gasteiger partial charge on any atom is -0.497 e. The number of amides is 1. The van der Waals surface area contributed by atoms with E-state index in [2.05, 4.69) is 24.3 Å². The maximum absolute atomic E-state index is 12.2. The zero-order valence-corrected chi connectivity index (χ0v) is 14.5. The van der Waals surface area contributed by atoms with Gasteiger partial charge in [0.25, 0.3) is 0 Å². The quantitative estimate of drug-likeness (QED) is 0.850. The van der Waals surface area contributed by atoms with Gasteiger partial charge >= 0.3 is 0 Å². The monoisotopic (exact) mass is 327 g/mol. The van der Waals surface area contributed by atoms with Gasteiger partial charge in [-0.2, -0.15) is 0 Å². The topological polar surface area (TPSA) is 49.8 Å². The number of nitrogens with zero attached hydrogens (tertiary/aromatic N) is 1. The number of methoxy groups -OCH3 is 1. The fraction of sp³-hybridized carbons (Fsp3) is 0.350. The lowest BCUT2D eigenvalue weighted by atomic mass is 10.1. The Balaban J connectivity index is 1.84. The molecule has 0 spiro atoms. The summed E-state index contributed by atoms with van der Waals surface area (Å²) in [6, 6.07) is 15.4. The second kappa shape index (κ2) is 8.50. The van der Waals surface area contributed by atoms with Crippen LogP contribution in [0.4, 0.5) is 0 Å². The molecule has 2 rings (SSSR count).